The topological polar surface area (TPSA) is 99.0 Å². The summed E-state index contributed by atoms with van der Waals surface area (Å²) in [7, 11) is -4.34. The molecule has 0 aliphatic heterocycles. The van der Waals surface area contributed by atoms with Gasteiger partial charge in [0.2, 0.25) is 5.89 Å². The van der Waals surface area contributed by atoms with Crippen molar-refractivity contribution in [3.05, 3.63) is 10.7 Å². The van der Waals surface area contributed by atoms with Gasteiger partial charge >= 0.3 is 51.4 Å². The molecule has 62 valence electrons. The molecule has 0 saturated heterocycles. The van der Waals surface area contributed by atoms with Gasteiger partial charge in [-0.2, -0.15) is 0 Å². The van der Waals surface area contributed by atoms with E-state index in [2.05, 4.69) is 26.8 Å². The fraction of sp³-hybridized carbons (Fsp3) is 0.333. The Morgan fingerprint density at radius 3 is 2.58 bits per heavy atom. The number of nitrogens with one attached hydrogen (secondary N) is 1. The van der Waals surface area contributed by atoms with Crippen molar-refractivity contribution in [2.45, 2.75) is 5.75 Å². The molecule has 0 aliphatic carbocycles. The standard InChI is InChI=1S/C3H4N2O4S2.K/c6-11(7,8)1-2-4-5-3(10)9-2;/h1H2,(H,5,10)(H,6,7,8);/q;+1/p-1. The maximum atomic E-state index is 10.1. The summed E-state index contributed by atoms with van der Waals surface area (Å²) in [5, 5.41) is 5.51. The molecule has 6 nitrogen and oxygen atoms in total. The van der Waals surface area contributed by atoms with Crippen LogP contribution < -0.4 is 51.4 Å². The molecule has 12 heavy (non-hydrogen) atoms. The summed E-state index contributed by atoms with van der Waals surface area (Å²) in [5.41, 5.74) is 0. The average molecular weight is 234 g/mol. The van der Waals surface area contributed by atoms with Crippen LogP contribution in [-0.2, 0) is 15.9 Å². The summed E-state index contributed by atoms with van der Waals surface area (Å²) in [6.07, 6.45) is 0. The molecular formula is C3H3KN2O4S2. The van der Waals surface area contributed by atoms with Crippen molar-refractivity contribution in [1.82, 2.24) is 10.2 Å². The predicted octanol–water partition coefficient (Wildman–Crippen LogP) is -3.22. The quantitative estimate of drug-likeness (QED) is 0.328. The van der Waals surface area contributed by atoms with E-state index in [4.69, 9.17) is 0 Å². The molecule has 1 N–H and O–H groups in total. The maximum Gasteiger partial charge on any atom is 1.00 e. The van der Waals surface area contributed by atoms with E-state index in [1.165, 1.54) is 0 Å². The van der Waals surface area contributed by atoms with Crippen molar-refractivity contribution in [2.24, 2.45) is 0 Å². The van der Waals surface area contributed by atoms with Crippen LogP contribution in [0.3, 0.4) is 0 Å². The molecule has 9 heteroatoms. The molecule has 0 unspecified atom stereocenters. The summed E-state index contributed by atoms with van der Waals surface area (Å²) in [6, 6.07) is 0. The third-order valence-electron chi connectivity index (χ3n) is 0.783. The molecule has 0 atom stereocenters. The smallest absolute Gasteiger partial charge is 0.748 e. The molecular weight excluding hydrogens is 231 g/mol. The van der Waals surface area contributed by atoms with Crippen LogP contribution in [0, 0.1) is 4.84 Å². The Morgan fingerprint density at radius 2 is 2.25 bits per heavy atom. The summed E-state index contributed by atoms with van der Waals surface area (Å²) in [6.45, 7) is 0. The first-order chi connectivity index (χ1) is 4.97. The van der Waals surface area contributed by atoms with E-state index in [9.17, 15) is 13.0 Å². The molecule has 0 spiro atoms. The van der Waals surface area contributed by atoms with Crippen LogP contribution >= 0.6 is 12.2 Å². The van der Waals surface area contributed by atoms with Crippen molar-refractivity contribution in [1.29, 1.82) is 0 Å². The van der Waals surface area contributed by atoms with Crippen molar-refractivity contribution in [2.75, 3.05) is 0 Å². The number of aromatic nitrogens is 2. The van der Waals surface area contributed by atoms with Gasteiger partial charge < -0.3 is 8.97 Å². The largest absolute Gasteiger partial charge is 1.00 e. The summed E-state index contributed by atoms with van der Waals surface area (Å²) in [5.74, 6) is -0.995. The summed E-state index contributed by atoms with van der Waals surface area (Å²) < 4.78 is 34.8. The molecule has 0 saturated carbocycles. The van der Waals surface area contributed by atoms with Crippen LogP contribution in [0.2, 0.25) is 0 Å². The molecule has 0 fully saturated rings. The Hall–Kier alpha value is 0.906. The number of aromatic amines is 1. The second-order valence-corrected chi connectivity index (χ2v) is 3.48. The maximum absolute atomic E-state index is 10.1. The van der Waals surface area contributed by atoms with Crippen LogP contribution in [0.5, 0.6) is 0 Å². The van der Waals surface area contributed by atoms with Gasteiger partial charge in [0, 0.05) is 0 Å². The van der Waals surface area contributed by atoms with Crippen molar-refractivity contribution >= 4 is 22.3 Å². The second kappa shape index (κ2) is 4.95. The number of H-pyrrole nitrogens is 1. The van der Waals surface area contributed by atoms with Gasteiger partial charge in [-0.25, -0.2) is 13.5 Å². The SMILES string of the molecule is O=S(=O)([O-])Cc1n[nH]c(=S)o1.[K+]. The van der Waals surface area contributed by atoms with E-state index in [0.29, 0.717) is 0 Å². The molecule has 1 rings (SSSR count). The van der Waals surface area contributed by atoms with E-state index >= 15 is 0 Å². The van der Waals surface area contributed by atoms with E-state index < -0.39 is 15.9 Å². The minimum Gasteiger partial charge on any atom is -0.748 e. The number of nitrogens with zero attached hydrogens (tertiary/aromatic N) is 1. The fourth-order valence-electron chi connectivity index (χ4n) is 0.474. The minimum atomic E-state index is -4.34. The van der Waals surface area contributed by atoms with Crippen LogP contribution in [0.1, 0.15) is 5.89 Å². The van der Waals surface area contributed by atoms with E-state index in [1.807, 2.05) is 0 Å². The van der Waals surface area contributed by atoms with Crippen LogP contribution in [0.15, 0.2) is 4.42 Å². The number of hydrogen-bond acceptors (Lipinski definition) is 6. The molecule has 0 amide bonds. The van der Waals surface area contributed by atoms with Crippen LogP contribution in [0.4, 0.5) is 0 Å². The monoisotopic (exact) mass is 234 g/mol. The van der Waals surface area contributed by atoms with Gasteiger partial charge in [-0.05, 0) is 12.2 Å². The second-order valence-electron chi connectivity index (χ2n) is 1.71. The van der Waals surface area contributed by atoms with Crippen molar-refractivity contribution in [3.8, 4) is 0 Å². The Morgan fingerprint density at radius 1 is 1.67 bits per heavy atom. The zero-order chi connectivity index (χ0) is 8.48. The first-order valence-corrected chi connectivity index (χ1v) is 4.44. The van der Waals surface area contributed by atoms with Gasteiger partial charge in [0.15, 0.2) is 0 Å². The van der Waals surface area contributed by atoms with E-state index in [0.717, 1.165) is 0 Å². The van der Waals surface area contributed by atoms with Gasteiger partial charge in [0.05, 0.1) is 0 Å². The predicted molar refractivity (Wildman–Crippen MR) is 35.1 cm³/mol. The minimum absolute atomic E-state index is 0. The Kier molecular flexibility index (Phi) is 5.33. The molecule has 1 aromatic rings. The molecule has 1 aromatic heterocycles. The van der Waals surface area contributed by atoms with Crippen molar-refractivity contribution < 1.29 is 68.8 Å². The van der Waals surface area contributed by atoms with Gasteiger partial charge in [0.1, 0.15) is 15.9 Å². The van der Waals surface area contributed by atoms with Gasteiger partial charge in [-0.3, -0.25) is 0 Å². The summed E-state index contributed by atoms with van der Waals surface area (Å²) in [4.78, 5) is -0.0522. The Balaban J connectivity index is 0.00000121. The third kappa shape index (κ3) is 4.82. The van der Waals surface area contributed by atoms with Crippen LogP contribution in [0.25, 0.3) is 0 Å². The molecule has 1 heterocycles. The number of hydrogen-bond donors (Lipinski definition) is 1. The molecule has 0 bridgehead atoms. The Labute approximate surface area is 116 Å². The fourth-order valence-corrected chi connectivity index (χ4v) is 1.04. The zero-order valence-corrected chi connectivity index (χ0v) is 10.9. The van der Waals surface area contributed by atoms with Gasteiger partial charge in [-0.1, -0.05) is 0 Å². The van der Waals surface area contributed by atoms with Gasteiger partial charge in [-0.15, -0.1) is 5.10 Å². The molecule has 0 radical (unpaired) electrons. The number of rotatable bonds is 2. The summed E-state index contributed by atoms with van der Waals surface area (Å²) >= 11 is 4.44. The van der Waals surface area contributed by atoms with Crippen LogP contribution in [-0.4, -0.2) is 23.2 Å². The Bertz CT molecular complexity index is 392. The van der Waals surface area contributed by atoms with E-state index in [1.54, 1.807) is 0 Å². The normalized spacial score (nSPS) is 10.8. The third-order valence-corrected chi connectivity index (χ3v) is 1.56. The van der Waals surface area contributed by atoms with Gasteiger partial charge in [0.25, 0.3) is 4.84 Å². The molecule has 0 aliphatic rings. The average Bonchev–Trinajstić information content (AvgIpc) is 2.10. The first kappa shape index (κ1) is 12.9. The zero-order valence-electron chi connectivity index (χ0n) is 6.10. The van der Waals surface area contributed by atoms with E-state index in [-0.39, 0.29) is 62.1 Å². The van der Waals surface area contributed by atoms with Crippen molar-refractivity contribution in [3.63, 3.8) is 0 Å². The molecule has 0 aromatic carbocycles. The first-order valence-electron chi connectivity index (χ1n) is 2.45.